The largest absolute Gasteiger partial charge is 0.481 e. The standard InChI is InChI=1S/C18H30O6/c1-2-3-4-5-6-7-8-9-10-11-12-14(17(21)22)15(18(23)24)13-16(19)20/h2,14-15H,1,3-13H2,(H,19,20)(H,21,22)(H,23,24). The molecule has 0 bridgehead atoms. The molecule has 0 fully saturated rings. The minimum atomic E-state index is -1.37. The molecule has 138 valence electrons. The third kappa shape index (κ3) is 10.8. The van der Waals surface area contributed by atoms with Crippen molar-refractivity contribution in [2.75, 3.05) is 0 Å². The number of hydrogen-bond acceptors (Lipinski definition) is 3. The van der Waals surface area contributed by atoms with Crippen LogP contribution < -0.4 is 0 Å². The number of carboxylic acid groups (broad SMARTS) is 3. The normalized spacial score (nSPS) is 13.2. The summed E-state index contributed by atoms with van der Waals surface area (Å²) in [4.78, 5) is 33.1. The molecule has 0 aromatic heterocycles. The summed E-state index contributed by atoms with van der Waals surface area (Å²) in [6.45, 7) is 3.68. The summed E-state index contributed by atoms with van der Waals surface area (Å²) in [5.41, 5.74) is 0. The van der Waals surface area contributed by atoms with Gasteiger partial charge in [0.2, 0.25) is 0 Å². The number of unbranched alkanes of at least 4 members (excludes halogenated alkanes) is 8. The maximum absolute atomic E-state index is 11.3. The fraction of sp³-hybridized carbons (Fsp3) is 0.722. The second-order valence-corrected chi connectivity index (χ2v) is 6.18. The van der Waals surface area contributed by atoms with E-state index in [4.69, 9.17) is 10.2 Å². The van der Waals surface area contributed by atoms with Crippen LogP contribution in [0.4, 0.5) is 0 Å². The van der Waals surface area contributed by atoms with E-state index < -0.39 is 36.2 Å². The lowest BCUT2D eigenvalue weighted by molar-refractivity contribution is -0.157. The molecule has 0 radical (unpaired) electrons. The van der Waals surface area contributed by atoms with Gasteiger partial charge in [-0.2, -0.15) is 0 Å². The molecular formula is C18H30O6. The van der Waals surface area contributed by atoms with Gasteiger partial charge in [-0.3, -0.25) is 14.4 Å². The molecule has 0 aromatic rings. The average molecular weight is 342 g/mol. The predicted octanol–water partition coefficient (Wildman–Crippen LogP) is 3.95. The second-order valence-electron chi connectivity index (χ2n) is 6.18. The van der Waals surface area contributed by atoms with Gasteiger partial charge in [-0.25, -0.2) is 0 Å². The Hall–Kier alpha value is -1.85. The van der Waals surface area contributed by atoms with Gasteiger partial charge in [-0.1, -0.05) is 51.0 Å². The molecule has 6 nitrogen and oxygen atoms in total. The molecule has 0 aliphatic heterocycles. The summed E-state index contributed by atoms with van der Waals surface area (Å²) >= 11 is 0. The first-order valence-corrected chi connectivity index (χ1v) is 8.68. The van der Waals surface area contributed by atoms with E-state index in [1.165, 1.54) is 19.3 Å². The van der Waals surface area contributed by atoms with Crippen LogP contribution in [-0.2, 0) is 14.4 Å². The van der Waals surface area contributed by atoms with Crippen molar-refractivity contribution in [2.45, 2.75) is 70.6 Å². The summed E-state index contributed by atoms with van der Waals surface area (Å²) in [7, 11) is 0. The molecule has 0 saturated carbocycles. The Labute approximate surface area is 143 Å². The minimum absolute atomic E-state index is 0.207. The highest BCUT2D eigenvalue weighted by Gasteiger charge is 2.34. The SMILES string of the molecule is C=CCCCCCCCCCCC(C(=O)O)C(CC(=O)O)C(=O)O. The molecule has 0 aliphatic rings. The maximum Gasteiger partial charge on any atom is 0.307 e. The van der Waals surface area contributed by atoms with Crippen LogP contribution in [-0.4, -0.2) is 33.2 Å². The highest BCUT2D eigenvalue weighted by Crippen LogP contribution is 2.24. The summed E-state index contributed by atoms with van der Waals surface area (Å²) in [6.07, 6.45) is 10.8. The number of carbonyl (C=O) groups is 3. The van der Waals surface area contributed by atoms with Crippen LogP contribution in [0.3, 0.4) is 0 Å². The minimum Gasteiger partial charge on any atom is -0.481 e. The van der Waals surface area contributed by atoms with Crippen LogP contribution in [0.5, 0.6) is 0 Å². The monoisotopic (exact) mass is 342 g/mol. The number of carboxylic acids is 3. The van der Waals surface area contributed by atoms with E-state index in [0.29, 0.717) is 6.42 Å². The van der Waals surface area contributed by atoms with Crippen LogP contribution in [0.1, 0.15) is 70.6 Å². The first-order chi connectivity index (χ1) is 11.4. The Morgan fingerprint density at radius 1 is 0.750 bits per heavy atom. The Morgan fingerprint density at radius 3 is 1.62 bits per heavy atom. The van der Waals surface area contributed by atoms with Gasteiger partial charge in [-0.05, 0) is 19.3 Å². The molecular weight excluding hydrogens is 312 g/mol. The lowest BCUT2D eigenvalue weighted by atomic mass is 9.85. The third-order valence-electron chi connectivity index (χ3n) is 4.19. The van der Waals surface area contributed by atoms with Crippen molar-refractivity contribution < 1.29 is 29.7 Å². The van der Waals surface area contributed by atoms with Crippen molar-refractivity contribution in [3.63, 3.8) is 0 Å². The van der Waals surface area contributed by atoms with Crippen molar-refractivity contribution in [3.8, 4) is 0 Å². The van der Waals surface area contributed by atoms with Crippen LogP contribution in [0, 0.1) is 11.8 Å². The smallest absolute Gasteiger partial charge is 0.307 e. The number of rotatable bonds is 16. The molecule has 2 atom stereocenters. The van der Waals surface area contributed by atoms with E-state index >= 15 is 0 Å². The van der Waals surface area contributed by atoms with Crippen LogP contribution in [0.25, 0.3) is 0 Å². The molecule has 0 aliphatic carbocycles. The van der Waals surface area contributed by atoms with Gasteiger partial charge in [0, 0.05) is 0 Å². The van der Waals surface area contributed by atoms with Gasteiger partial charge in [-0.15, -0.1) is 6.58 Å². The molecule has 0 spiro atoms. The number of aliphatic carboxylic acids is 3. The van der Waals surface area contributed by atoms with Crippen molar-refractivity contribution in [3.05, 3.63) is 12.7 Å². The first kappa shape index (κ1) is 22.1. The number of allylic oxidation sites excluding steroid dienone is 1. The fourth-order valence-corrected chi connectivity index (χ4v) is 2.80. The highest BCUT2D eigenvalue weighted by molar-refractivity contribution is 5.83. The molecule has 0 amide bonds. The quantitative estimate of drug-likeness (QED) is 0.289. The highest BCUT2D eigenvalue weighted by atomic mass is 16.4. The van der Waals surface area contributed by atoms with E-state index in [9.17, 15) is 19.5 Å². The van der Waals surface area contributed by atoms with E-state index in [2.05, 4.69) is 6.58 Å². The molecule has 6 heteroatoms. The Kier molecular flexibility index (Phi) is 12.5. The summed E-state index contributed by atoms with van der Waals surface area (Å²) in [5, 5.41) is 27.0. The maximum atomic E-state index is 11.3. The molecule has 0 rings (SSSR count). The first-order valence-electron chi connectivity index (χ1n) is 8.68. The molecule has 0 heterocycles. The lowest BCUT2D eigenvalue weighted by Gasteiger charge is -2.18. The van der Waals surface area contributed by atoms with Crippen LogP contribution >= 0.6 is 0 Å². The van der Waals surface area contributed by atoms with E-state index in [0.717, 1.165) is 32.1 Å². The number of hydrogen-bond donors (Lipinski definition) is 3. The van der Waals surface area contributed by atoms with Gasteiger partial charge in [0.05, 0.1) is 18.3 Å². The van der Waals surface area contributed by atoms with Gasteiger partial charge < -0.3 is 15.3 Å². The van der Waals surface area contributed by atoms with E-state index in [1.807, 2.05) is 6.08 Å². The predicted molar refractivity (Wildman–Crippen MR) is 90.9 cm³/mol. The van der Waals surface area contributed by atoms with E-state index in [-0.39, 0.29) is 6.42 Å². The van der Waals surface area contributed by atoms with Gasteiger partial charge in [0.1, 0.15) is 0 Å². The van der Waals surface area contributed by atoms with Gasteiger partial charge in [0.15, 0.2) is 0 Å². The molecule has 0 saturated heterocycles. The Balaban J connectivity index is 4.01. The van der Waals surface area contributed by atoms with Gasteiger partial charge in [0.25, 0.3) is 0 Å². The topological polar surface area (TPSA) is 112 Å². The van der Waals surface area contributed by atoms with E-state index in [1.54, 1.807) is 0 Å². The summed E-state index contributed by atoms with van der Waals surface area (Å²) < 4.78 is 0. The van der Waals surface area contributed by atoms with Crippen LogP contribution in [0.15, 0.2) is 12.7 Å². The zero-order valence-corrected chi connectivity index (χ0v) is 14.3. The van der Waals surface area contributed by atoms with Gasteiger partial charge >= 0.3 is 17.9 Å². The fourth-order valence-electron chi connectivity index (χ4n) is 2.80. The average Bonchev–Trinajstić information content (AvgIpc) is 2.50. The summed E-state index contributed by atoms with van der Waals surface area (Å²) in [5.74, 6) is -6.39. The Bertz CT molecular complexity index is 404. The van der Waals surface area contributed by atoms with Crippen molar-refractivity contribution >= 4 is 17.9 Å². The molecule has 2 unspecified atom stereocenters. The zero-order chi connectivity index (χ0) is 18.4. The molecule has 24 heavy (non-hydrogen) atoms. The lowest BCUT2D eigenvalue weighted by Crippen LogP contribution is -2.31. The molecule has 3 N–H and O–H groups in total. The second kappa shape index (κ2) is 13.6. The van der Waals surface area contributed by atoms with Crippen molar-refractivity contribution in [2.24, 2.45) is 11.8 Å². The van der Waals surface area contributed by atoms with Crippen molar-refractivity contribution in [1.29, 1.82) is 0 Å². The Morgan fingerprint density at radius 2 is 1.21 bits per heavy atom. The van der Waals surface area contributed by atoms with Crippen molar-refractivity contribution in [1.82, 2.24) is 0 Å². The molecule has 0 aromatic carbocycles. The summed E-state index contributed by atoms with van der Waals surface area (Å²) in [6, 6.07) is 0. The van der Waals surface area contributed by atoms with Crippen LogP contribution in [0.2, 0.25) is 0 Å². The third-order valence-corrected chi connectivity index (χ3v) is 4.19. The zero-order valence-electron chi connectivity index (χ0n) is 14.3.